The second-order valence-corrected chi connectivity index (χ2v) is 13.8. The highest BCUT2D eigenvalue weighted by molar-refractivity contribution is 5.82. The summed E-state index contributed by atoms with van der Waals surface area (Å²) in [5.41, 5.74) is 1.70. The molecule has 0 bridgehead atoms. The normalized spacial score (nSPS) is 22.4. The first kappa shape index (κ1) is 32.5. The minimum absolute atomic E-state index is 0.131. The predicted molar refractivity (Wildman–Crippen MR) is 172 cm³/mol. The molecule has 3 fully saturated rings. The van der Waals surface area contributed by atoms with Gasteiger partial charge in [0.2, 0.25) is 0 Å². The number of carbonyl (C=O) groups is 2. The zero-order chi connectivity index (χ0) is 32.2. The number of aromatic nitrogens is 2. The molecule has 11 nitrogen and oxygen atoms in total. The highest BCUT2D eigenvalue weighted by Gasteiger charge is 2.40. The number of rotatable bonds is 7. The standard InChI is InChI=1S/C34H47N7O4/c1-33(2,3)45-32(43)38-26-11-8-18-41(29(26)31(42)44-5)28-22-36-27(21-35)30(39-28)37-24-14-12-23(13-15-24)34(4)16-19-40(20-17-34)25-9-6-7-10-25/h12-15,22,25-26,29H,6-11,16-20H2,1-5H3,(H,37,39)(H,38,43). The van der Waals surface area contributed by atoms with Gasteiger partial charge in [0.15, 0.2) is 11.5 Å². The van der Waals surface area contributed by atoms with Crippen molar-refractivity contribution in [3.05, 3.63) is 41.7 Å². The first-order valence-corrected chi connectivity index (χ1v) is 16.2. The maximum atomic E-state index is 13.0. The second kappa shape index (κ2) is 13.6. The van der Waals surface area contributed by atoms with E-state index >= 15 is 0 Å². The summed E-state index contributed by atoms with van der Waals surface area (Å²) in [5.74, 6) is 0.194. The Morgan fingerprint density at radius 1 is 1.04 bits per heavy atom. The zero-order valence-corrected chi connectivity index (χ0v) is 27.3. The van der Waals surface area contributed by atoms with Gasteiger partial charge in [0.25, 0.3) is 0 Å². The lowest BCUT2D eigenvalue weighted by molar-refractivity contribution is -0.143. The lowest BCUT2D eigenvalue weighted by atomic mass is 9.74. The summed E-state index contributed by atoms with van der Waals surface area (Å²) < 4.78 is 10.6. The summed E-state index contributed by atoms with van der Waals surface area (Å²) in [6, 6.07) is 9.88. The maximum absolute atomic E-state index is 13.0. The van der Waals surface area contributed by atoms with Gasteiger partial charge in [-0.15, -0.1) is 0 Å². The van der Waals surface area contributed by atoms with Gasteiger partial charge in [-0.25, -0.2) is 19.6 Å². The number of nitrogens with zero attached hydrogens (tertiary/aromatic N) is 5. The van der Waals surface area contributed by atoms with Gasteiger partial charge < -0.3 is 29.9 Å². The van der Waals surface area contributed by atoms with E-state index in [9.17, 15) is 14.9 Å². The SMILES string of the molecule is COC(=O)C1C(NC(=O)OC(C)(C)C)CCCN1c1cnc(C#N)c(Nc2ccc(C3(C)CCN(C4CCCC4)CC3)cc2)n1. The molecular formula is C34H47N7O4. The number of piperidine rings is 2. The van der Waals surface area contributed by atoms with Crippen LogP contribution in [0.2, 0.25) is 0 Å². The van der Waals surface area contributed by atoms with E-state index in [2.05, 4.69) is 45.6 Å². The number of nitrogens with one attached hydrogen (secondary N) is 2. The van der Waals surface area contributed by atoms with Crippen LogP contribution in [0.5, 0.6) is 0 Å². The van der Waals surface area contributed by atoms with E-state index in [0.29, 0.717) is 31.0 Å². The first-order valence-electron chi connectivity index (χ1n) is 16.2. The van der Waals surface area contributed by atoms with Crippen LogP contribution in [-0.4, -0.2) is 77.4 Å². The third kappa shape index (κ3) is 7.67. The molecule has 1 aromatic carbocycles. The van der Waals surface area contributed by atoms with Gasteiger partial charge in [-0.3, -0.25) is 0 Å². The average molecular weight is 618 g/mol. The number of esters is 1. The monoisotopic (exact) mass is 617 g/mol. The third-order valence-corrected chi connectivity index (χ3v) is 9.52. The van der Waals surface area contributed by atoms with Crippen molar-refractivity contribution in [2.45, 2.75) is 108 Å². The number of anilines is 3. The number of carbonyl (C=O) groups excluding carboxylic acids is 2. The van der Waals surface area contributed by atoms with Gasteiger partial charge >= 0.3 is 12.1 Å². The van der Waals surface area contributed by atoms with Crippen LogP contribution in [0.3, 0.4) is 0 Å². The van der Waals surface area contributed by atoms with E-state index in [1.807, 2.05) is 12.1 Å². The van der Waals surface area contributed by atoms with Crippen LogP contribution < -0.4 is 15.5 Å². The largest absolute Gasteiger partial charge is 0.467 e. The van der Waals surface area contributed by atoms with Crippen molar-refractivity contribution < 1.29 is 19.1 Å². The summed E-state index contributed by atoms with van der Waals surface area (Å²) in [5, 5.41) is 15.9. The van der Waals surface area contributed by atoms with E-state index in [4.69, 9.17) is 14.5 Å². The minimum atomic E-state index is -0.841. The molecule has 11 heteroatoms. The Kier molecular flexibility index (Phi) is 9.82. The molecule has 0 radical (unpaired) electrons. The molecule has 1 amide bonds. The van der Waals surface area contributed by atoms with Crippen molar-refractivity contribution >= 4 is 29.4 Å². The van der Waals surface area contributed by atoms with Crippen molar-refractivity contribution in [1.29, 1.82) is 5.26 Å². The molecule has 242 valence electrons. The Hall–Kier alpha value is -3.91. The molecule has 2 N–H and O–H groups in total. The van der Waals surface area contributed by atoms with Gasteiger partial charge in [0.05, 0.1) is 19.3 Å². The molecule has 2 saturated heterocycles. The number of hydrogen-bond acceptors (Lipinski definition) is 10. The summed E-state index contributed by atoms with van der Waals surface area (Å²) in [6.07, 6.45) is 9.84. The summed E-state index contributed by atoms with van der Waals surface area (Å²) in [7, 11) is 1.32. The van der Waals surface area contributed by atoms with E-state index in [0.717, 1.165) is 37.7 Å². The highest BCUT2D eigenvalue weighted by atomic mass is 16.6. The van der Waals surface area contributed by atoms with Crippen molar-refractivity contribution in [1.82, 2.24) is 20.2 Å². The van der Waals surface area contributed by atoms with E-state index in [1.54, 1.807) is 25.7 Å². The molecule has 3 aliphatic rings. The Labute approximate surface area is 266 Å². The number of amides is 1. The number of likely N-dealkylation sites (tertiary alicyclic amines) is 1. The first-order chi connectivity index (χ1) is 21.5. The number of methoxy groups -OCH3 is 1. The minimum Gasteiger partial charge on any atom is -0.467 e. The number of benzene rings is 1. The van der Waals surface area contributed by atoms with Gasteiger partial charge in [-0.1, -0.05) is 31.9 Å². The van der Waals surface area contributed by atoms with Crippen molar-refractivity contribution in [2.75, 3.05) is 37.0 Å². The van der Waals surface area contributed by atoms with E-state index in [-0.39, 0.29) is 11.1 Å². The summed E-state index contributed by atoms with van der Waals surface area (Å²) >= 11 is 0. The van der Waals surface area contributed by atoms with Gasteiger partial charge in [0, 0.05) is 18.3 Å². The molecule has 1 aromatic heterocycles. The number of ether oxygens (including phenoxy) is 2. The Morgan fingerprint density at radius 3 is 2.36 bits per heavy atom. The molecule has 2 atom stereocenters. The Balaban J connectivity index is 1.31. The molecule has 45 heavy (non-hydrogen) atoms. The highest BCUT2D eigenvalue weighted by Crippen LogP contribution is 2.38. The van der Waals surface area contributed by atoms with Gasteiger partial charge in [0.1, 0.15) is 23.5 Å². The molecule has 2 aromatic rings. The van der Waals surface area contributed by atoms with Crippen LogP contribution in [-0.2, 0) is 19.7 Å². The Bertz CT molecular complexity index is 1390. The third-order valence-electron chi connectivity index (χ3n) is 9.52. The van der Waals surface area contributed by atoms with Crippen LogP contribution >= 0.6 is 0 Å². The van der Waals surface area contributed by atoms with Crippen molar-refractivity contribution in [3.63, 3.8) is 0 Å². The molecular weight excluding hydrogens is 570 g/mol. The molecule has 2 aliphatic heterocycles. The average Bonchev–Trinajstić information content (AvgIpc) is 3.55. The number of nitriles is 1. The number of alkyl carbamates (subject to hydrolysis) is 1. The smallest absolute Gasteiger partial charge is 0.407 e. The quantitative estimate of drug-likeness (QED) is 0.388. The van der Waals surface area contributed by atoms with E-state index < -0.39 is 29.7 Å². The molecule has 3 heterocycles. The molecule has 5 rings (SSSR count). The fraction of sp³-hybridized carbons (Fsp3) is 0.618. The lowest BCUT2D eigenvalue weighted by Crippen LogP contribution is -2.60. The molecule has 0 spiro atoms. The predicted octanol–water partition coefficient (Wildman–Crippen LogP) is 5.42. The Morgan fingerprint density at radius 2 is 1.73 bits per heavy atom. The zero-order valence-electron chi connectivity index (χ0n) is 27.3. The van der Waals surface area contributed by atoms with Crippen LogP contribution in [0.25, 0.3) is 0 Å². The second-order valence-electron chi connectivity index (χ2n) is 13.8. The fourth-order valence-electron chi connectivity index (χ4n) is 7.00. The van der Waals surface area contributed by atoms with Crippen LogP contribution in [0.1, 0.15) is 90.3 Å². The summed E-state index contributed by atoms with van der Waals surface area (Å²) in [4.78, 5) is 39.2. The maximum Gasteiger partial charge on any atom is 0.407 e. The van der Waals surface area contributed by atoms with Crippen molar-refractivity contribution in [3.8, 4) is 6.07 Å². The van der Waals surface area contributed by atoms with Gasteiger partial charge in [-0.05, 0) is 95.5 Å². The fourth-order valence-corrected chi connectivity index (χ4v) is 7.00. The van der Waals surface area contributed by atoms with Crippen LogP contribution in [0.15, 0.2) is 30.5 Å². The summed E-state index contributed by atoms with van der Waals surface area (Å²) in [6.45, 7) is 10.5. The van der Waals surface area contributed by atoms with Crippen LogP contribution in [0, 0.1) is 11.3 Å². The molecule has 2 unspecified atom stereocenters. The molecule has 1 aliphatic carbocycles. The van der Waals surface area contributed by atoms with E-state index in [1.165, 1.54) is 44.6 Å². The van der Waals surface area contributed by atoms with Gasteiger partial charge in [-0.2, -0.15) is 5.26 Å². The number of hydrogen-bond donors (Lipinski definition) is 2. The lowest BCUT2D eigenvalue weighted by Gasteiger charge is -2.42. The topological polar surface area (TPSA) is 133 Å². The van der Waals surface area contributed by atoms with Crippen molar-refractivity contribution in [2.24, 2.45) is 0 Å². The molecule has 1 saturated carbocycles. The van der Waals surface area contributed by atoms with Crippen LogP contribution in [0.4, 0.5) is 22.1 Å².